The third-order valence-corrected chi connectivity index (χ3v) is 6.23. The van der Waals surface area contributed by atoms with Crippen molar-refractivity contribution in [2.75, 3.05) is 13.1 Å². The molecule has 4 rings (SSSR count). The van der Waals surface area contributed by atoms with Crippen molar-refractivity contribution in [3.8, 4) is 0 Å². The van der Waals surface area contributed by atoms with Crippen LogP contribution in [0, 0.1) is 6.92 Å². The minimum atomic E-state index is -0.250. The highest BCUT2D eigenvalue weighted by atomic mass is 16.4. The SMILES string of the molecule is Cc1cc2oc(=O)cc(C[NH2+][C@@H]3CC[NH+](Cc4ccccc4)C3)c2cc1C(C)C. The molecule has 1 unspecified atom stereocenters. The smallest absolute Gasteiger partial charge is 0.336 e. The van der Waals surface area contributed by atoms with E-state index in [1.807, 2.05) is 6.07 Å². The number of rotatable bonds is 6. The van der Waals surface area contributed by atoms with Crippen LogP contribution in [-0.4, -0.2) is 19.1 Å². The van der Waals surface area contributed by atoms with Gasteiger partial charge in [-0.05, 0) is 36.1 Å². The first-order chi connectivity index (χ1) is 14.0. The summed E-state index contributed by atoms with van der Waals surface area (Å²) in [7, 11) is 0. The van der Waals surface area contributed by atoms with Gasteiger partial charge in [-0.1, -0.05) is 44.2 Å². The molecule has 2 aromatic carbocycles. The number of benzene rings is 2. The fraction of sp³-hybridized carbons (Fsp3) is 0.400. The van der Waals surface area contributed by atoms with Gasteiger partial charge in [-0.15, -0.1) is 0 Å². The first-order valence-electron chi connectivity index (χ1n) is 10.8. The summed E-state index contributed by atoms with van der Waals surface area (Å²) in [6.45, 7) is 10.8. The fourth-order valence-corrected chi connectivity index (χ4v) is 4.69. The second-order valence-corrected chi connectivity index (χ2v) is 8.81. The van der Waals surface area contributed by atoms with Gasteiger partial charge in [0.25, 0.3) is 0 Å². The third kappa shape index (κ3) is 4.60. The van der Waals surface area contributed by atoms with Gasteiger partial charge in [-0.2, -0.15) is 0 Å². The van der Waals surface area contributed by atoms with Crippen LogP contribution in [0.5, 0.6) is 0 Å². The molecular formula is C25H32N2O2+2. The summed E-state index contributed by atoms with van der Waals surface area (Å²) in [6, 6.07) is 17.3. The molecule has 1 aliphatic heterocycles. The van der Waals surface area contributed by atoms with Gasteiger partial charge in [-0.3, -0.25) is 0 Å². The van der Waals surface area contributed by atoms with Crippen LogP contribution in [0.1, 0.15) is 48.4 Å². The minimum absolute atomic E-state index is 0.250. The number of fused-ring (bicyclic) bond motifs is 1. The molecule has 0 spiro atoms. The van der Waals surface area contributed by atoms with Crippen LogP contribution in [0.25, 0.3) is 11.0 Å². The molecular weight excluding hydrogens is 360 g/mol. The molecule has 0 bridgehead atoms. The minimum Gasteiger partial charge on any atom is -0.423 e. The maximum atomic E-state index is 12.1. The quantitative estimate of drug-likeness (QED) is 0.632. The summed E-state index contributed by atoms with van der Waals surface area (Å²) in [5, 5.41) is 3.50. The monoisotopic (exact) mass is 392 g/mol. The van der Waals surface area contributed by atoms with Gasteiger partial charge in [0.1, 0.15) is 31.3 Å². The normalized spacial score (nSPS) is 19.3. The Balaban J connectivity index is 1.47. The average Bonchev–Trinajstić information content (AvgIpc) is 3.13. The Kier molecular flexibility index (Phi) is 5.84. The van der Waals surface area contributed by atoms with E-state index in [0.29, 0.717) is 17.5 Å². The highest BCUT2D eigenvalue weighted by molar-refractivity contribution is 5.82. The Morgan fingerprint density at radius 2 is 1.97 bits per heavy atom. The zero-order valence-electron chi connectivity index (χ0n) is 17.7. The first kappa shape index (κ1) is 19.9. The molecule has 4 nitrogen and oxygen atoms in total. The van der Waals surface area contributed by atoms with Gasteiger partial charge in [-0.25, -0.2) is 4.79 Å². The van der Waals surface area contributed by atoms with Crippen LogP contribution in [0.2, 0.25) is 0 Å². The van der Waals surface area contributed by atoms with Crippen LogP contribution in [0.15, 0.2) is 57.7 Å². The molecule has 3 aromatic rings. The predicted octanol–water partition coefficient (Wildman–Crippen LogP) is 2.15. The molecule has 2 atom stereocenters. The Bertz CT molecular complexity index is 1040. The zero-order valence-corrected chi connectivity index (χ0v) is 17.7. The summed E-state index contributed by atoms with van der Waals surface area (Å²) in [4.78, 5) is 13.7. The van der Waals surface area contributed by atoms with Gasteiger partial charge in [0, 0.05) is 22.6 Å². The van der Waals surface area contributed by atoms with Crippen molar-refractivity contribution in [1.29, 1.82) is 0 Å². The summed E-state index contributed by atoms with van der Waals surface area (Å²) in [5.41, 5.74) is 5.48. The van der Waals surface area contributed by atoms with Crippen LogP contribution in [0.3, 0.4) is 0 Å². The van der Waals surface area contributed by atoms with Gasteiger partial charge in [0.15, 0.2) is 0 Å². The molecule has 0 saturated carbocycles. The lowest BCUT2D eigenvalue weighted by molar-refractivity contribution is -0.911. The molecule has 1 aromatic heterocycles. The van der Waals surface area contributed by atoms with Crippen molar-refractivity contribution in [2.45, 2.75) is 52.2 Å². The van der Waals surface area contributed by atoms with E-state index in [-0.39, 0.29) is 5.63 Å². The maximum Gasteiger partial charge on any atom is 0.336 e. The van der Waals surface area contributed by atoms with Crippen molar-refractivity contribution in [3.05, 3.63) is 81.2 Å². The highest BCUT2D eigenvalue weighted by Crippen LogP contribution is 2.26. The molecule has 2 heterocycles. The predicted molar refractivity (Wildman–Crippen MR) is 116 cm³/mol. The van der Waals surface area contributed by atoms with E-state index in [2.05, 4.69) is 62.5 Å². The lowest BCUT2D eigenvalue weighted by atomic mass is 9.95. The number of likely N-dealkylation sites (tertiary alicyclic amines) is 1. The van der Waals surface area contributed by atoms with Crippen molar-refractivity contribution in [1.82, 2.24) is 0 Å². The molecule has 29 heavy (non-hydrogen) atoms. The van der Waals surface area contributed by atoms with Crippen LogP contribution < -0.4 is 15.8 Å². The maximum absolute atomic E-state index is 12.1. The number of aryl methyl sites for hydroxylation is 1. The fourth-order valence-electron chi connectivity index (χ4n) is 4.69. The summed E-state index contributed by atoms with van der Waals surface area (Å²) in [5.74, 6) is 0.452. The summed E-state index contributed by atoms with van der Waals surface area (Å²) >= 11 is 0. The standard InChI is InChI=1S/C25H30N2O2/c1-17(2)22-13-23-20(12-25(28)29-24(23)11-18(22)3)14-26-21-9-10-27(16-21)15-19-7-5-4-6-8-19/h4-8,11-13,17,21,26H,9-10,14-16H2,1-3H3/p+2/t21-/m1/s1. The van der Waals surface area contributed by atoms with Crippen molar-refractivity contribution in [3.63, 3.8) is 0 Å². The van der Waals surface area contributed by atoms with Crippen LogP contribution in [0.4, 0.5) is 0 Å². The van der Waals surface area contributed by atoms with Crippen molar-refractivity contribution >= 4 is 11.0 Å². The van der Waals surface area contributed by atoms with Gasteiger partial charge >= 0.3 is 5.63 Å². The van der Waals surface area contributed by atoms with E-state index < -0.39 is 0 Å². The largest absolute Gasteiger partial charge is 0.423 e. The van der Waals surface area contributed by atoms with E-state index in [1.54, 1.807) is 11.0 Å². The molecule has 4 heteroatoms. The second kappa shape index (κ2) is 8.52. The molecule has 1 fully saturated rings. The van der Waals surface area contributed by atoms with Crippen molar-refractivity contribution < 1.29 is 14.6 Å². The number of nitrogens with one attached hydrogen (secondary N) is 1. The molecule has 0 aliphatic carbocycles. The van der Waals surface area contributed by atoms with Gasteiger partial charge < -0.3 is 14.6 Å². The zero-order chi connectivity index (χ0) is 20.4. The van der Waals surface area contributed by atoms with E-state index in [4.69, 9.17) is 4.42 Å². The van der Waals surface area contributed by atoms with Crippen LogP contribution in [-0.2, 0) is 13.1 Å². The summed E-state index contributed by atoms with van der Waals surface area (Å²) < 4.78 is 5.50. The first-order valence-corrected chi connectivity index (χ1v) is 10.8. The van der Waals surface area contributed by atoms with E-state index in [9.17, 15) is 4.79 Å². The lowest BCUT2D eigenvalue weighted by Gasteiger charge is -2.14. The average molecular weight is 393 g/mol. The van der Waals surface area contributed by atoms with E-state index in [1.165, 1.54) is 36.2 Å². The third-order valence-electron chi connectivity index (χ3n) is 6.23. The Morgan fingerprint density at radius 1 is 1.17 bits per heavy atom. The summed E-state index contributed by atoms with van der Waals surface area (Å²) in [6.07, 6.45) is 1.22. The topological polar surface area (TPSA) is 51.3 Å². The Hall–Kier alpha value is -2.43. The van der Waals surface area contributed by atoms with E-state index in [0.717, 1.165) is 24.0 Å². The number of hydrogen-bond donors (Lipinski definition) is 2. The molecule has 3 N–H and O–H groups in total. The van der Waals surface area contributed by atoms with Crippen LogP contribution >= 0.6 is 0 Å². The molecule has 0 amide bonds. The number of hydrogen-bond acceptors (Lipinski definition) is 2. The van der Waals surface area contributed by atoms with Crippen molar-refractivity contribution in [2.24, 2.45) is 0 Å². The number of quaternary nitrogens is 2. The molecule has 1 saturated heterocycles. The molecule has 1 aliphatic rings. The molecule has 152 valence electrons. The Labute approximate surface area is 172 Å². The Morgan fingerprint density at radius 3 is 2.72 bits per heavy atom. The lowest BCUT2D eigenvalue weighted by Crippen LogP contribution is -3.10. The second-order valence-electron chi connectivity index (χ2n) is 8.81. The molecule has 0 radical (unpaired) electrons. The highest BCUT2D eigenvalue weighted by Gasteiger charge is 2.29. The number of nitrogens with two attached hydrogens (primary N) is 1. The van der Waals surface area contributed by atoms with Gasteiger partial charge in [0.05, 0.1) is 13.0 Å². The van der Waals surface area contributed by atoms with Gasteiger partial charge in [0.2, 0.25) is 0 Å². The van der Waals surface area contributed by atoms with E-state index >= 15 is 0 Å².